The number of carboxylic acid groups (broad SMARTS) is 1. The number of likely N-dealkylation sites (N-methyl/N-ethyl adjacent to an activating group) is 1. The Morgan fingerprint density at radius 1 is 1.35 bits per heavy atom. The van der Waals surface area contributed by atoms with Crippen LogP contribution in [0.4, 0.5) is 0 Å². The fourth-order valence-electron chi connectivity index (χ4n) is 3.32. The number of nitrogens with zero attached hydrogens (tertiary/aromatic N) is 2. The van der Waals surface area contributed by atoms with Crippen LogP contribution < -0.4 is 0 Å². The van der Waals surface area contributed by atoms with Gasteiger partial charge in [0.05, 0.1) is 0 Å². The van der Waals surface area contributed by atoms with Gasteiger partial charge in [-0.1, -0.05) is 13.3 Å². The molecule has 2 unspecified atom stereocenters. The quantitative estimate of drug-likeness (QED) is 0.807. The highest BCUT2D eigenvalue weighted by atomic mass is 16.4. The predicted octanol–water partition coefficient (Wildman–Crippen LogP) is 1.27. The highest BCUT2D eigenvalue weighted by Gasteiger charge is 2.49. The van der Waals surface area contributed by atoms with E-state index < -0.39 is 11.5 Å². The zero-order valence-electron chi connectivity index (χ0n) is 11.0. The highest BCUT2D eigenvalue weighted by molar-refractivity contribution is 5.79. The summed E-state index contributed by atoms with van der Waals surface area (Å²) >= 11 is 0. The van der Waals surface area contributed by atoms with Crippen LogP contribution in [-0.4, -0.2) is 59.6 Å². The number of carboxylic acids is 1. The zero-order chi connectivity index (χ0) is 12.5. The molecule has 0 amide bonds. The minimum atomic E-state index is -0.599. The van der Waals surface area contributed by atoms with E-state index in [4.69, 9.17) is 0 Å². The molecule has 98 valence electrons. The summed E-state index contributed by atoms with van der Waals surface area (Å²) < 4.78 is 0. The molecule has 0 spiro atoms. The van der Waals surface area contributed by atoms with E-state index in [9.17, 15) is 9.90 Å². The van der Waals surface area contributed by atoms with Crippen molar-refractivity contribution in [2.45, 2.75) is 38.1 Å². The SMILES string of the molecule is CCC1CCC(C(=O)O)(N2CCN(C)CC2)C1. The second-order valence-electron chi connectivity index (χ2n) is 5.64. The van der Waals surface area contributed by atoms with Gasteiger partial charge in [-0.3, -0.25) is 9.69 Å². The maximum atomic E-state index is 11.7. The predicted molar refractivity (Wildman–Crippen MR) is 67.1 cm³/mol. The molecule has 1 aliphatic carbocycles. The first kappa shape index (κ1) is 12.8. The van der Waals surface area contributed by atoms with E-state index in [1.165, 1.54) is 0 Å². The van der Waals surface area contributed by atoms with E-state index in [-0.39, 0.29) is 0 Å². The van der Waals surface area contributed by atoms with Crippen molar-refractivity contribution in [2.75, 3.05) is 33.2 Å². The topological polar surface area (TPSA) is 43.8 Å². The summed E-state index contributed by atoms with van der Waals surface area (Å²) in [5.41, 5.74) is -0.554. The molecular weight excluding hydrogens is 216 g/mol. The van der Waals surface area contributed by atoms with Crippen LogP contribution >= 0.6 is 0 Å². The molecule has 0 aromatic carbocycles. The Morgan fingerprint density at radius 3 is 2.47 bits per heavy atom. The monoisotopic (exact) mass is 240 g/mol. The molecule has 0 aromatic heterocycles. The van der Waals surface area contributed by atoms with E-state index in [0.29, 0.717) is 5.92 Å². The van der Waals surface area contributed by atoms with Gasteiger partial charge in [-0.05, 0) is 32.2 Å². The van der Waals surface area contributed by atoms with Crippen molar-refractivity contribution in [3.63, 3.8) is 0 Å². The fourth-order valence-corrected chi connectivity index (χ4v) is 3.32. The molecule has 0 radical (unpaired) electrons. The molecule has 2 aliphatic rings. The lowest BCUT2D eigenvalue weighted by Crippen LogP contribution is -2.59. The van der Waals surface area contributed by atoms with Crippen molar-refractivity contribution in [1.29, 1.82) is 0 Å². The lowest BCUT2D eigenvalue weighted by atomic mass is 9.92. The molecule has 0 bridgehead atoms. The zero-order valence-corrected chi connectivity index (χ0v) is 11.0. The summed E-state index contributed by atoms with van der Waals surface area (Å²) in [7, 11) is 2.11. The van der Waals surface area contributed by atoms with E-state index in [1.807, 2.05) is 0 Å². The Hall–Kier alpha value is -0.610. The Morgan fingerprint density at radius 2 is 2.00 bits per heavy atom. The van der Waals surface area contributed by atoms with Gasteiger partial charge >= 0.3 is 5.97 Å². The molecule has 1 N–H and O–H groups in total. The normalized spacial score (nSPS) is 36.2. The van der Waals surface area contributed by atoms with Crippen LogP contribution in [0.25, 0.3) is 0 Å². The Balaban J connectivity index is 2.10. The van der Waals surface area contributed by atoms with E-state index >= 15 is 0 Å². The fraction of sp³-hybridized carbons (Fsp3) is 0.923. The van der Waals surface area contributed by atoms with Crippen molar-refractivity contribution in [2.24, 2.45) is 5.92 Å². The van der Waals surface area contributed by atoms with Crippen LogP contribution in [0, 0.1) is 5.92 Å². The molecule has 2 atom stereocenters. The van der Waals surface area contributed by atoms with Crippen LogP contribution in [0.2, 0.25) is 0 Å². The van der Waals surface area contributed by atoms with Crippen LogP contribution in [0.15, 0.2) is 0 Å². The van der Waals surface area contributed by atoms with Crippen LogP contribution in [0.1, 0.15) is 32.6 Å². The first-order valence-corrected chi connectivity index (χ1v) is 6.75. The Labute approximate surface area is 104 Å². The van der Waals surface area contributed by atoms with Gasteiger partial charge in [0.1, 0.15) is 5.54 Å². The second kappa shape index (κ2) is 4.94. The van der Waals surface area contributed by atoms with Crippen LogP contribution in [0.3, 0.4) is 0 Å². The molecule has 1 heterocycles. The number of hydrogen-bond donors (Lipinski definition) is 1. The summed E-state index contributed by atoms with van der Waals surface area (Å²) in [5.74, 6) is 0.00348. The molecule has 4 nitrogen and oxygen atoms in total. The summed E-state index contributed by atoms with van der Waals surface area (Å²) in [6, 6.07) is 0. The number of carbonyl (C=O) groups is 1. The third-order valence-electron chi connectivity index (χ3n) is 4.68. The number of hydrogen-bond acceptors (Lipinski definition) is 3. The molecule has 1 saturated carbocycles. The lowest BCUT2D eigenvalue weighted by molar-refractivity contribution is -0.153. The minimum absolute atomic E-state index is 0.554. The average molecular weight is 240 g/mol. The molecule has 1 saturated heterocycles. The molecular formula is C13H24N2O2. The van der Waals surface area contributed by atoms with E-state index in [2.05, 4.69) is 23.8 Å². The van der Waals surface area contributed by atoms with E-state index in [1.54, 1.807) is 0 Å². The first-order valence-electron chi connectivity index (χ1n) is 6.75. The maximum absolute atomic E-state index is 11.7. The van der Waals surface area contributed by atoms with Gasteiger partial charge in [0, 0.05) is 26.2 Å². The summed E-state index contributed by atoms with van der Waals surface area (Å²) in [5, 5.41) is 9.64. The van der Waals surface area contributed by atoms with Crippen molar-refractivity contribution in [1.82, 2.24) is 9.80 Å². The van der Waals surface area contributed by atoms with Crippen LogP contribution in [0.5, 0.6) is 0 Å². The van der Waals surface area contributed by atoms with Gasteiger partial charge in [-0.2, -0.15) is 0 Å². The van der Waals surface area contributed by atoms with Crippen molar-refractivity contribution in [3.8, 4) is 0 Å². The first-order chi connectivity index (χ1) is 8.08. The molecule has 4 heteroatoms. The standard InChI is InChI=1S/C13H24N2O2/c1-3-11-4-5-13(10-11,12(16)17)15-8-6-14(2)7-9-15/h11H,3-10H2,1-2H3,(H,16,17). The largest absolute Gasteiger partial charge is 0.480 e. The smallest absolute Gasteiger partial charge is 0.324 e. The molecule has 1 aliphatic heterocycles. The second-order valence-corrected chi connectivity index (χ2v) is 5.64. The van der Waals surface area contributed by atoms with Crippen molar-refractivity contribution < 1.29 is 9.90 Å². The van der Waals surface area contributed by atoms with Gasteiger partial charge < -0.3 is 10.0 Å². The van der Waals surface area contributed by atoms with Gasteiger partial charge in [0.25, 0.3) is 0 Å². The number of aliphatic carboxylic acids is 1. The number of rotatable bonds is 3. The Bertz CT molecular complexity index is 287. The summed E-state index contributed by atoms with van der Waals surface area (Å²) in [6.45, 7) is 5.96. The molecule has 2 fully saturated rings. The average Bonchev–Trinajstić information content (AvgIpc) is 2.75. The molecule has 0 aromatic rings. The van der Waals surface area contributed by atoms with Crippen molar-refractivity contribution >= 4 is 5.97 Å². The highest BCUT2D eigenvalue weighted by Crippen LogP contribution is 2.41. The number of piperazine rings is 1. The molecule has 2 rings (SSSR count). The van der Waals surface area contributed by atoms with Gasteiger partial charge in [0.15, 0.2) is 0 Å². The molecule has 17 heavy (non-hydrogen) atoms. The third-order valence-corrected chi connectivity index (χ3v) is 4.68. The summed E-state index contributed by atoms with van der Waals surface area (Å²) in [6.07, 6.45) is 3.88. The van der Waals surface area contributed by atoms with E-state index in [0.717, 1.165) is 51.9 Å². The van der Waals surface area contributed by atoms with Gasteiger partial charge in [0.2, 0.25) is 0 Å². The maximum Gasteiger partial charge on any atom is 0.324 e. The third kappa shape index (κ3) is 2.33. The van der Waals surface area contributed by atoms with Gasteiger partial charge in [-0.15, -0.1) is 0 Å². The van der Waals surface area contributed by atoms with Crippen molar-refractivity contribution in [3.05, 3.63) is 0 Å². The van der Waals surface area contributed by atoms with Crippen LogP contribution in [-0.2, 0) is 4.79 Å². The minimum Gasteiger partial charge on any atom is -0.480 e. The lowest BCUT2D eigenvalue weighted by Gasteiger charge is -2.42. The Kier molecular flexibility index (Phi) is 3.73. The van der Waals surface area contributed by atoms with Gasteiger partial charge in [-0.25, -0.2) is 0 Å². The summed E-state index contributed by atoms with van der Waals surface area (Å²) in [4.78, 5) is 16.2.